The van der Waals surface area contributed by atoms with Crippen LogP contribution in [0.3, 0.4) is 0 Å². The van der Waals surface area contributed by atoms with Gasteiger partial charge in [-0.2, -0.15) is 0 Å². The van der Waals surface area contributed by atoms with Crippen molar-refractivity contribution in [1.82, 2.24) is 9.55 Å². The molecule has 0 radical (unpaired) electrons. The summed E-state index contributed by atoms with van der Waals surface area (Å²) in [5.74, 6) is -1.95. The van der Waals surface area contributed by atoms with Gasteiger partial charge < -0.3 is 10.1 Å². The Balaban J connectivity index is 2.35. The fourth-order valence-corrected chi connectivity index (χ4v) is 2.79. The first-order valence-electron chi connectivity index (χ1n) is 8.77. The summed E-state index contributed by atoms with van der Waals surface area (Å²) in [5, 5.41) is 3.22. The maximum Gasteiger partial charge on any atom is 0.343 e. The average molecular weight is 387 g/mol. The highest BCUT2D eigenvalue weighted by Crippen LogP contribution is 2.22. The highest BCUT2D eigenvalue weighted by molar-refractivity contribution is 5.93. The van der Waals surface area contributed by atoms with Crippen LogP contribution in [0.25, 0.3) is 16.7 Å². The number of rotatable bonds is 5. The summed E-state index contributed by atoms with van der Waals surface area (Å²) in [6, 6.07) is 6.21. The lowest BCUT2D eigenvalue weighted by molar-refractivity contribution is 0.0524. The number of nitrogens with one attached hydrogen (secondary N) is 1. The Bertz CT molecular complexity index is 1110. The molecule has 0 saturated heterocycles. The van der Waals surface area contributed by atoms with Crippen LogP contribution >= 0.6 is 0 Å². The fraction of sp³-hybridized carbons (Fsp3) is 0.250. The van der Waals surface area contributed by atoms with Gasteiger partial charge in [-0.25, -0.2) is 18.6 Å². The monoisotopic (exact) mass is 387 g/mol. The van der Waals surface area contributed by atoms with Crippen molar-refractivity contribution in [2.24, 2.45) is 0 Å². The van der Waals surface area contributed by atoms with Crippen LogP contribution in [0, 0.1) is 11.6 Å². The number of pyridine rings is 2. The van der Waals surface area contributed by atoms with Crippen LogP contribution < -0.4 is 10.7 Å². The van der Waals surface area contributed by atoms with E-state index in [4.69, 9.17) is 4.74 Å². The van der Waals surface area contributed by atoms with Crippen LogP contribution in [0.4, 0.5) is 14.6 Å². The third-order valence-electron chi connectivity index (χ3n) is 3.95. The number of halogens is 2. The summed E-state index contributed by atoms with van der Waals surface area (Å²) in [6.07, 6.45) is 1.17. The van der Waals surface area contributed by atoms with Gasteiger partial charge in [0.05, 0.1) is 17.7 Å². The predicted molar refractivity (Wildman–Crippen MR) is 102 cm³/mol. The molecule has 1 N–H and O–H groups in total. The summed E-state index contributed by atoms with van der Waals surface area (Å²) in [4.78, 5) is 29.4. The number of hydrogen-bond donors (Lipinski definition) is 1. The molecule has 0 atom stereocenters. The van der Waals surface area contributed by atoms with Gasteiger partial charge in [-0.15, -0.1) is 0 Å². The van der Waals surface area contributed by atoms with Crippen molar-refractivity contribution in [3.8, 4) is 5.69 Å². The lowest BCUT2D eigenvalue weighted by atomic mass is 10.1. The Kier molecular flexibility index (Phi) is 5.39. The lowest BCUT2D eigenvalue weighted by Gasteiger charge is -2.15. The van der Waals surface area contributed by atoms with Crippen LogP contribution in [0.1, 0.15) is 31.1 Å². The maximum absolute atomic E-state index is 14.5. The van der Waals surface area contributed by atoms with Crippen molar-refractivity contribution in [3.63, 3.8) is 0 Å². The Morgan fingerprint density at radius 2 is 2.00 bits per heavy atom. The van der Waals surface area contributed by atoms with Gasteiger partial charge in [-0.1, -0.05) is 0 Å². The maximum atomic E-state index is 14.5. The second-order valence-corrected chi connectivity index (χ2v) is 6.42. The molecule has 3 rings (SSSR count). The van der Waals surface area contributed by atoms with Gasteiger partial charge in [0.25, 0.3) is 0 Å². The van der Waals surface area contributed by atoms with E-state index >= 15 is 0 Å². The standard InChI is InChI=1S/C20H19F2N3O3/c1-4-28-20(27)14-10-25(16-7-5-12(21)9-15(16)22)19-13(18(14)26)6-8-17(24-19)23-11(2)3/h5-11H,4H2,1-3H3,(H,23,24). The van der Waals surface area contributed by atoms with Gasteiger partial charge in [0.2, 0.25) is 5.43 Å². The lowest BCUT2D eigenvalue weighted by Crippen LogP contribution is -2.22. The normalized spacial score (nSPS) is 11.1. The second-order valence-electron chi connectivity index (χ2n) is 6.42. The molecule has 3 aromatic rings. The van der Waals surface area contributed by atoms with Crippen LogP contribution in [-0.4, -0.2) is 28.2 Å². The zero-order chi connectivity index (χ0) is 20.4. The predicted octanol–water partition coefficient (Wildman–Crippen LogP) is 3.66. The van der Waals surface area contributed by atoms with E-state index in [1.165, 1.54) is 22.9 Å². The zero-order valence-corrected chi connectivity index (χ0v) is 15.6. The highest BCUT2D eigenvalue weighted by atomic mass is 19.1. The van der Waals surface area contributed by atoms with E-state index in [0.29, 0.717) is 5.82 Å². The molecule has 0 spiro atoms. The molecule has 0 aliphatic carbocycles. The van der Waals surface area contributed by atoms with Crippen LogP contribution in [0.2, 0.25) is 0 Å². The van der Waals surface area contributed by atoms with Gasteiger partial charge in [-0.3, -0.25) is 9.36 Å². The number of carbonyl (C=O) groups excluding carboxylic acids is 1. The van der Waals surface area contributed by atoms with E-state index in [0.717, 1.165) is 12.1 Å². The van der Waals surface area contributed by atoms with Crippen LogP contribution in [0.5, 0.6) is 0 Å². The van der Waals surface area contributed by atoms with E-state index in [2.05, 4.69) is 10.3 Å². The molecule has 0 unspecified atom stereocenters. The number of hydrogen-bond acceptors (Lipinski definition) is 5. The number of aromatic nitrogens is 2. The smallest absolute Gasteiger partial charge is 0.343 e. The van der Waals surface area contributed by atoms with Crippen molar-refractivity contribution in [3.05, 3.63) is 63.9 Å². The first kappa shape index (κ1) is 19.5. The number of ether oxygens (including phenoxy) is 1. The number of esters is 1. The van der Waals surface area contributed by atoms with Crippen molar-refractivity contribution >= 4 is 22.8 Å². The van der Waals surface area contributed by atoms with E-state index in [9.17, 15) is 18.4 Å². The molecule has 0 amide bonds. The summed E-state index contributed by atoms with van der Waals surface area (Å²) in [6.45, 7) is 5.53. The fourth-order valence-electron chi connectivity index (χ4n) is 2.79. The van der Waals surface area contributed by atoms with Gasteiger partial charge >= 0.3 is 5.97 Å². The van der Waals surface area contributed by atoms with E-state index in [1.54, 1.807) is 13.0 Å². The largest absolute Gasteiger partial charge is 0.462 e. The Morgan fingerprint density at radius 1 is 1.25 bits per heavy atom. The average Bonchev–Trinajstić information content (AvgIpc) is 2.62. The molecule has 28 heavy (non-hydrogen) atoms. The molecule has 8 heteroatoms. The number of nitrogens with zero attached hydrogens (tertiary/aromatic N) is 2. The molecule has 2 heterocycles. The van der Waals surface area contributed by atoms with Crippen LogP contribution in [0.15, 0.2) is 41.3 Å². The van der Waals surface area contributed by atoms with E-state index < -0.39 is 23.0 Å². The SMILES string of the molecule is CCOC(=O)c1cn(-c2ccc(F)cc2F)c2nc(NC(C)C)ccc2c1=O. The molecule has 146 valence electrons. The molecule has 1 aromatic carbocycles. The number of benzene rings is 1. The summed E-state index contributed by atoms with van der Waals surface area (Å²) in [7, 11) is 0. The minimum Gasteiger partial charge on any atom is -0.462 e. The van der Waals surface area contributed by atoms with Gasteiger partial charge in [-0.05, 0) is 45.0 Å². The number of anilines is 1. The first-order valence-corrected chi connectivity index (χ1v) is 8.77. The quantitative estimate of drug-likeness (QED) is 0.677. The number of fused-ring (bicyclic) bond motifs is 1. The molecule has 0 fully saturated rings. The van der Waals surface area contributed by atoms with Crippen molar-refractivity contribution in [2.75, 3.05) is 11.9 Å². The first-order chi connectivity index (χ1) is 13.3. The molecule has 0 bridgehead atoms. The third-order valence-corrected chi connectivity index (χ3v) is 3.95. The molecule has 0 saturated carbocycles. The minimum absolute atomic E-state index is 0.0499. The third kappa shape index (κ3) is 3.71. The Morgan fingerprint density at radius 3 is 2.64 bits per heavy atom. The van der Waals surface area contributed by atoms with Crippen molar-refractivity contribution in [1.29, 1.82) is 0 Å². The molecule has 6 nitrogen and oxygen atoms in total. The topological polar surface area (TPSA) is 73.2 Å². The number of carbonyl (C=O) groups is 1. The van der Waals surface area contributed by atoms with Gasteiger partial charge in [0, 0.05) is 18.3 Å². The van der Waals surface area contributed by atoms with E-state index in [-0.39, 0.29) is 34.9 Å². The zero-order valence-electron chi connectivity index (χ0n) is 15.6. The Labute approximate surface area is 159 Å². The molecule has 0 aliphatic heterocycles. The second kappa shape index (κ2) is 7.75. The summed E-state index contributed by atoms with van der Waals surface area (Å²) < 4.78 is 34.0. The highest BCUT2D eigenvalue weighted by Gasteiger charge is 2.20. The van der Waals surface area contributed by atoms with E-state index in [1.807, 2.05) is 13.8 Å². The summed E-state index contributed by atoms with van der Waals surface area (Å²) >= 11 is 0. The Hall–Kier alpha value is -3.29. The van der Waals surface area contributed by atoms with Gasteiger partial charge in [0.15, 0.2) is 5.65 Å². The molecule has 2 aromatic heterocycles. The van der Waals surface area contributed by atoms with Crippen molar-refractivity contribution in [2.45, 2.75) is 26.8 Å². The molecular formula is C20H19F2N3O3. The minimum atomic E-state index is -0.858. The molecule has 0 aliphatic rings. The van der Waals surface area contributed by atoms with Gasteiger partial charge in [0.1, 0.15) is 23.0 Å². The van der Waals surface area contributed by atoms with Crippen molar-refractivity contribution < 1.29 is 18.3 Å². The molecular weight excluding hydrogens is 368 g/mol. The van der Waals surface area contributed by atoms with Crippen LogP contribution in [-0.2, 0) is 4.74 Å². The summed E-state index contributed by atoms with van der Waals surface area (Å²) in [5.41, 5.74) is -0.749.